The number of para-hydroxylation sites is 1. The van der Waals surface area contributed by atoms with E-state index in [0.717, 1.165) is 30.7 Å². The van der Waals surface area contributed by atoms with Crippen molar-refractivity contribution in [1.29, 1.82) is 0 Å². The highest BCUT2D eigenvalue weighted by Crippen LogP contribution is 2.37. The first-order chi connectivity index (χ1) is 10.7. The van der Waals surface area contributed by atoms with Crippen LogP contribution in [0.3, 0.4) is 0 Å². The van der Waals surface area contributed by atoms with Crippen LogP contribution in [0.5, 0.6) is 5.75 Å². The lowest BCUT2D eigenvalue weighted by Gasteiger charge is -2.26. The number of hydrogen-bond acceptors (Lipinski definition) is 5. The van der Waals surface area contributed by atoms with Crippen LogP contribution >= 0.6 is 0 Å². The van der Waals surface area contributed by atoms with Gasteiger partial charge >= 0.3 is 0 Å². The van der Waals surface area contributed by atoms with Gasteiger partial charge in [-0.1, -0.05) is 28.5 Å². The summed E-state index contributed by atoms with van der Waals surface area (Å²) in [5.41, 5.74) is 2.34. The minimum atomic E-state index is 0.0483. The van der Waals surface area contributed by atoms with Crippen LogP contribution in [-0.2, 0) is 11.2 Å². The zero-order valence-electron chi connectivity index (χ0n) is 12.8. The number of nitrogens with zero attached hydrogens (tertiary/aromatic N) is 3. The minimum Gasteiger partial charge on any atom is -0.496 e. The molecule has 1 amide bonds. The largest absolute Gasteiger partial charge is 0.496 e. The van der Waals surface area contributed by atoms with Gasteiger partial charge in [-0.3, -0.25) is 4.79 Å². The molecule has 1 unspecified atom stereocenters. The monoisotopic (exact) mass is 301 g/mol. The van der Waals surface area contributed by atoms with Crippen LogP contribution in [0.2, 0.25) is 0 Å². The second-order valence-corrected chi connectivity index (χ2v) is 5.46. The molecule has 0 N–H and O–H groups in total. The third kappa shape index (κ3) is 2.68. The molecule has 1 saturated heterocycles. The van der Waals surface area contributed by atoms with Gasteiger partial charge in [0.15, 0.2) is 0 Å². The molecule has 0 aliphatic carbocycles. The number of carbonyl (C=O) groups excluding carboxylic acids is 1. The van der Waals surface area contributed by atoms with E-state index in [0.29, 0.717) is 11.4 Å². The molecule has 0 bridgehead atoms. The summed E-state index contributed by atoms with van der Waals surface area (Å²) in [5, 5.41) is 7.52. The molecule has 1 aliphatic rings. The number of hydrogen-bond donors (Lipinski definition) is 0. The molecular weight excluding hydrogens is 282 g/mol. The van der Waals surface area contributed by atoms with Gasteiger partial charge in [-0.2, -0.15) is 0 Å². The number of benzene rings is 1. The van der Waals surface area contributed by atoms with E-state index >= 15 is 0 Å². The fraction of sp³-hybridized carbons (Fsp3) is 0.438. The quantitative estimate of drug-likeness (QED) is 0.866. The number of aromatic nitrogens is 2. The first-order valence-electron chi connectivity index (χ1n) is 7.41. The average molecular weight is 301 g/mol. The predicted octanol–water partition coefficient (Wildman–Crippen LogP) is 2.29. The Labute approximate surface area is 129 Å². The Hall–Kier alpha value is -2.37. The number of rotatable bonds is 4. The second kappa shape index (κ2) is 6.17. The van der Waals surface area contributed by atoms with Crippen molar-refractivity contribution >= 4 is 5.91 Å². The maximum absolute atomic E-state index is 12.6. The van der Waals surface area contributed by atoms with E-state index in [1.54, 1.807) is 14.0 Å². The molecule has 2 heterocycles. The SMILES string of the molecule is COc1ccccc1C1CCCN1C(=O)Cc1nonc1C. The van der Waals surface area contributed by atoms with Crippen molar-refractivity contribution in [3.63, 3.8) is 0 Å². The van der Waals surface area contributed by atoms with Crippen LogP contribution in [-0.4, -0.2) is 34.8 Å². The lowest BCUT2D eigenvalue weighted by Crippen LogP contribution is -2.32. The topological polar surface area (TPSA) is 68.5 Å². The summed E-state index contributed by atoms with van der Waals surface area (Å²) in [7, 11) is 1.66. The van der Waals surface area contributed by atoms with Gasteiger partial charge in [-0.15, -0.1) is 0 Å². The Morgan fingerprint density at radius 2 is 2.23 bits per heavy atom. The van der Waals surface area contributed by atoms with E-state index in [1.165, 1.54) is 0 Å². The van der Waals surface area contributed by atoms with Crippen molar-refractivity contribution in [1.82, 2.24) is 15.2 Å². The fourth-order valence-corrected chi connectivity index (χ4v) is 2.98. The first-order valence-corrected chi connectivity index (χ1v) is 7.41. The maximum atomic E-state index is 12.6. The molecule has 0 saturated carbocycles. The number of carbonyl (C=O) groups is 1. The number of aryl methyl sites for hydroxylation is 1. The van der Waals surface area contributed by atoms with Crippen LogP contribution in [0, 0.1) is 6.92 Å². The van der Waals surface area contributed by atoms with E-state index in [4.69, 9.17) is 4.74 Å². The van der Waals surface area contributed by atoms with Crippen molar-refractivity contribution in [2.45, 2.75) is 32.2 Å². The lowest BCUT2D eigenvalue weighted by molar-refractivity contribution is -0.131. The highest BCUT2D eigenvalue weighted by molar-refractivity contribution is 5.79. The van der Waals surface area contributed by atoms with Crippen LogP contribution in [0.25, 0.3) is 0 Å². The van der Waals surface area contributed by atoms with E-state index in [2.05, 4.69) is 14.9 Å². The Morgan fingerprint density at radius 3 is 2.95 bits per heavy atom. The number of likely N-dealkylation sites (tertiary alicyclic amines) is 1. The highest BCUT2D eigenvalue weighted by atomic mass is 16.6. The molecule has 1 fully saturated rings. The summed E-state index contributed by atoms with van der Waals surface area (Å²) in [6, 6.07) is 7.93. The van der Waals surface area contributed by atoms with Crippen LogP contribution in [0.1, 0.15) is 35.8 Å². The smallest absolute Gasteiger partial charge is 0.229 e. The number of amides is 1. The summed E-state index contributed by atoms with van der Waals surface area (Å²) in [4.78, 5) is 14.5. The molecule has 22 heavy (non-hydrogen) atoms. The molecule has 116 valence electrons. The summed E-state index contributed by atoms with van der Waals surface area (Å²) >= 11 is 0. The molecule has 0 spiro atoms. The molecule has 2 aromatic rings. The highest BCUT2D eigenvalue weighted by Gasteiger charge is 2.32. The van der Waals surface area contributed by atoms with Gasteiger partial charge in [0.25, 0.3) is 0 Å². The Morgan fingerprint density at radius 1 is 1.41 bits per heavy atom. The Bertz CT molecular complexity index is 668. The van der Waals surface area contributed by atoms with Gasteiger partial charge in [0.2, 0.25) is 5.91 Å². The van der Waals surface area contributed by atoms with Crippen molar-refractivity contribution in [3.05, 3.63) is 41.2 Å². The molecule has 1 aliphatic heterocycles. The molecule has 1 atom stereocenters. The Kier molecular flexibility index (Phi) is 4.09. The van der Waals surface area contributed by atoms with Crippen molar-refractivity contribution in [2.75, 3.05) is 13.7 Å². The first kappa shape index (κ1) is 14.6. The average Bonchev–Trinajstić information content (AvgIpc) is 3.17. The van der Waals surface area contributed by atoms with E-state index in [1.807, 2.05) is 29.2 Å². The fourth-order valence-electron chi connectivity index (χ4n) is 2.98. The number of ether oxygens (including phenoxy) is 1. The van der Waals surface area contributed by atoms with E-state index in [9.17, 15) is 4.79 Å². The van der Waals surface area contributed by atoms with Crippen LogP contribution in [0.15, 0.2) is 28.9 Å². The molecule has 1 aromatic carbocycles. The summed E-state index contributed by atoms with van der Waals surface area (Å²) in [5.74, 6) is 0.874. The van der Waals surface area contributed by atoms with Crippen LogP contribution < -0.4 is 4.74 Å². The minimum absolute atomic E-state index is 0.0483. The lowest BCUT2D eigenvalue weighted by atomic mass is 10.0. The molecule has 6 heteroatoms. The van der Waals surface area contributed by atoms with Crippen molar-refractivity contribution in [3.8, 4) is 5.75 Å². The maximum Gasteiger partial charge on any atom is 0.229 e. The summed E-state index contributed by atoms with van der Waals surface area (Å²) in [6.07, 6.45) is 2.16. The second-order valence-electron chi connectivity index (χ2n) is 5.46. The van der Waals surface area contributed by atoms with Gasteiger partial charge in [0.1, 0.15) is 17.1 Å². The predicted molar refractivity (Wildman–Crippen MR) is 79.4 cm³/mol. The Balaban J connectivity index is 1.81. The summed E-state index contributed by atoms with van der Waals surface area (Å²) in [6.45, 7) is 2.55. The van der Waals surface area contributed by atoms with Crippen molar-refractivity contribution < 1.29 is 14.2 Å². The molecule has 0 radical (unpaired) electrons. The van der Waals surface area contributed by atoms with Gasteiger partial charge in [-0.05, 0) is 25.8 Å². The third-order valence-corrected chi connectivity index (χ3v) is 4.14. The standard InChI is InChI=1S/C16H19N3O3/c1-11-13(18-22-17-11)10-16(20)19-9-5-7-14(19)12-6-3-4-8-15(12)21-2/h3-4,6,8,14H,5,7,9-10H2,1-2H3. The molecule has 1 aromatic heterocycles. The zero-order chi connectivity index (χ0) is 15.5. The van der Waals surface area contributed by atoms with E-state index in [-0.39, 0.29) is 18.4 Å². The molecular formula is C16H19N3O3. The van der Waals surface area contributed by atoms with Gasteiger partial charge in [0.05, 0.1) is 19.6 Å². The number of methoxy groups -OCH3 is 1. The van der Waals surface area contributed by atoms with Crippen LogP contribution in [0.4, 0.5) is 0 Å². The third-order valence-electron chi connectivity index (χ3n) is 4.14. The summed E-state index contributed by atoms with van der Waals surface area (Å²) < 4.78 is 10.1. The van der Waals surface area contributed by atoms with Gasteiger partial charge < -0.3 is 9.64 Å². The zero-order valence-corrected chi connectivity index (χ0v) is 12.8. The molecule has 3 rings (SSSR count). The van der Waals surface area contributed by atoms with E-state index < -0.39 is 0 Å². The van der Waals surface area contributed by atoms with Gasteiger partial charge in [-0.25, -0.2) is 4.63 Å². The van der Waals surface area contributed by atoms with Crippen molar-refractivity contribution in [2.24, 2.45) is 0 Å². The molecule has 6 nitrogen and oxygen atoms in total. The normalized spacial score (nSPS) is 17.7. The van der Waals surface area contributed by atoms with Gasteiger partial charge in [0, 0.05) is 12.1 Å².